The molecule has 2 rings (SSSR count). The minimum atomic E-state index is -3.84. The predicted octanol–water partition coefficient (Wildman–Crippen LogP) is 3.55. The van der Waals surface area contributed by atoms with Crippen molar-refractivity contribution in [1.29, 1.82) is 0 Å². The first-order valence-electron chi connectivity index (χ1n) is 4.98. The standard InChI is InChI=1S/C11H7Br2FN2O2S/c12-8-2-1-5-15-11(8)16-19(17,18)10-4-3-7(14)6-9(10)13/h1-6H,(H,15,16). The number of nitrogens with one attached hydrogen (secondary N) is 1. The number of sulfonamides is 1. The molecule has 0 saturated carbocycles. The Morgan fingerprint density at radius 2 is 1.89 bits per heavy atom. The molecule has 0 aliphatic heterocycles. The van der Waals surface area contributed by atoms with Gasteiger partial charge in [-0.3, -0.25) is 4.72 Å². The van der Waals surface area contributed by atoms with Crippen LogP contribution in [0.2, 0.25) is 0 Å². The fourth-order valence-electron chi connectivity index (χ4n) is 1.34. The Labute approximate surface area is 126 Å². The fraction of sp³-hybridized carbons (Fsp3) is 0. The Kier molecular flexibility index (Phi) is 4.22. The van der Waals surface area contributed by atoms with E-state index in [0.29, 0.717) is 4.47 Å². The molecule has 0 spiro atoms. The molecule has 8 heteroatoms. The summed E-state index contributed by atoms with van der Waals surface area (Å²) in [7, 11) is -3.84. The average Bonchev–Trinajstić information content (AvgIpc) is 2.31. The second-order valence-corrected chi connectivity index (χ2v) is 6.87. The maximum atomic E-state index is 13.0. The fourth-order valence-corrected chi connectivity index (χ4v) is 3.90. The van der Waals surface area contributed by atoms with Crippen LogP contribution in [0.15, 0.2) is 50.4 Å². The topological polar surface area (TPSA) is 59.1 Å². The zero-order valence-corrected chi connectivity index (χ0v) is 13.3. The number of aromatic nitrogens is 1. The summed E-state index contributed by atoms with van der Waals surface area (Å²) in [5.74, 6) is -0.358. The van der Waals surface area contributed by atoms with E-state index in [2.05, 4.69) is 41.6 Å². The molecule has 0 aliphatic carbocycles. The largest absolute Gasteiger partial charge is 0.264 e. The SMILES string of the molecule is O=S(=O)(Nc1ncccc1Br)c1ccc(F)cc1Br. The maximum Gasteiger partial charge on any atom is 0.264 e. The molecule has 0 saturated heterocycles. The Morgan fingerprint density at radius 1 is 1.16 bits per heavy atom. The predicted molar refractivity (Wildman–Crippen MR) is 76.8 cm³/mol. The van der Waals surface area contributed by atoms with Crippen molar-refractivity contribution in [3.63, 3.8) is 0 Å². The van der Waals surface area contributed by atoms with Gasteiger partial charge in [-0.2, -0.15) is 0 Å². The van der Waals surface area contributed by atoms with Gasteiger partial charge >= 0.3 is 0 Å². The maximum absolute atomic E-state index is 13.0. The van der Waals surface area contributed by atoms with E-state index in [4.69, 9.17) is 0 Å². The quantitative estimate of drug-likeness (QED) is 0.843. The highest BCUT2D eigenvalue weighted by Gasteiger charge is 2.19. The van der Waals surface area contributed by atoms with Gasteiger partial charge in [0.25, 0.3) is 10.0 Å². The molecule has 1 N–H and O–H groups in total. The van der Waals surface area contributed by atoms with E-state index in [0.717, 1.165) is 12.1 Å². The van der Waals surface area contributed by atoms with E-state index in [1.165, 1.54) is 12.3 Å². The minimum Gasteiger partial charge on any atom is -0.262 e. The van der Waals surface area contributed by atoms with Crippen molar-refractivity contribution >= 4 is 47.7 Å². The van der Waals surface area contributed by atoms with Gasteiger partial charge in [0, 0.05) is 10.7 Å². The molecule has 0 bridgehead atoms. The molecule has 4 nitrogen and oxygen atoms in total. The summed E-state index contributed by atoms with van der Waals surface area (Å²) in [4.78, 5) is 3.85. The normalized spacial score (nSPS) is 11.3. The summed E-state index contributed by atoms with van der Waals surface area (Å²) in [5.41, 5.74) is 0. The van der Waals surface area contributed by atoms with Crippen LogP contribution in [0.5, 0.6) is 0 Å². The van der Waals surface area contributed by atoms with Crippen LogP contribution in [-0.2, 0) is 10.0 Å². The van der Waals surface area contributed by atoms with Gasteiger partial charge in [0.1, 0.15) is 10.7 Å². The molecule has 1 heterocycles. The van der Waals surface area contributed by atoms with Crippen molar-refractivity contribution in [2.45, 2.75) is 4.90 Å². The second-order valence-electron chi connectivity index (χ2n) is 3.51. The Bertz CT molecular complexity index is 722. The summed E-state index contributed by atoms with van der Waals surface area (Å²) in [6.45, 7) is 0. The third kappa shape index (κ3) is 3.31. The molecule has 2 aromatic rings. The first-order valence-corrected chi connectivity index (χ1v) is 8.05. The van der Waals surface area contributed by atoms with Crippen molar-refractivity contribution in [2.75, 3.05) is 4.72 Å². The molecule has 0 atom stereocenters. The highest BCUT2D eigenvalue weighted by atomic mass is 79.9. The van der Waals surface area contributed by atoms with Gasteiger partial charge in [0.2, 0.25) is 0 Å². The zero-order chi connectivity index (χ0) is 14.0. The Morgan fingerprint density at radius 3 is 2.53 bits per heavy atom. The number of anilines is 1. The van der Waals surface area contributed by atoms with E-state index < -0.39 is 15.8 Å². The van der Waals surface area contributed by atoms with Gasteiger partial charge in [-0.25, -0.2) is 17.8 Å². The van der Waals surface area contributed by atoms with Gasteiger partial charge in [-0.1, -0.05) is 0 Å². The number of hydrogen-bond acceptors (Lipinski definition) is 3. The van der Waals surface area contributed by atoms with Crippen LogP contribution in [-0.4, -0.2) is 13.4 Å². The zero-order valence-electron chi connectivity index (χ0n) is 9.27. The van der Waals surface area contributed by atoms with Crippen LogP contribution < -0.4 is 4.72 Å². The lowest BCUT2D eigenvalue weighted by Crippen LogP contribution is -2.15. The van der Waals surface area contributed by atoms with E-state index in [9.17, 15) is 12.8 Å². The summed E-state index contributed by atoms with van der Waals surface area (Å²) >= 11 is 6.21. The molecular weight excluding hydrogens is 403 g/mol. The van der Waals surface area contributed by atoms with E-state index >= 15 is 0 Å². The summed E-state index contributed by atoms with van der Waals surface area (Å²) in [5, 5.41) is 0. The summed E-state index contributed by atoms with van der Waals surface area (Å²) in [6, 6.07) is 6.66. The van der Waals surface area contributed by atoms with Crippen LogP contribution in [0.1, 0.15) is 0 Å². The van der Waals surface area contributed by atoms with Crippen LogP contribution in [0.4, 0.5) is 10.2 Å². The van der Waals surface area contributed by atoms with E-state index in [1.54, 1.807) is 12.1 Å². The van der Waals surface area contributed by atoms with Crippen molar-refractivity contribution in [1.82, 2.24) is 4.98 Å². The van der Waals surface area contributed by atoms with Crippen LogP contribution in [0.3, 0.4) is 0 Å². The highest BCUT2D eigenvalue weighted by Crippen LogP contribution is 2.26. The number of benzene rings is 1. The van der Waals surface area contributed by atoms with Gasteiger partial charge in [-0.05, 0) is 62.2 Å². The van der Waals surface area contributed by atoms with Crippen LogP contribution >= 0.6 is 31.9 Å². The van der Waals surface area contributed by atoms with Gasteiger partial charge < -0.3 is 0 Å². The summed E-state index contributed by atoms with van der Waals surface area (Å²) < 4.78 is 40.3. The van der Waals surface area contributed by atoms with Crippen LogP contribution in [0.25, 0.3) is 0 Å². The van der Waals surface area contributed by atoms with Crippen molar-refractivity contribution in [3.8, 4) is 0 Å². The van der Waals surface area contributed by atoms with Gasteiger partial charge in [-0.15, -0.1) is 0 Å². The highest BCUT2D eigenvalue weighted by molar-refractivity contribution is 9.11. The lowest BCUT2D eigenvalue weighted by Gasteiger charge is -2.10. The average molecular weight is 410 g/mol. The molecule has 0 radical (unpaired) electrons. The first kappa shape index (κ1) is 14.4. The van der Waals surface area contributed by atoms with E-state index in [-0.39, 0.29) is 15.2 Å². The lowest BCUT2D eigenvalue weighted by molar-refractivity contribution is 0.598. The Balaban J connectivity index is 2.41. The second kappa shape index (κ2) is 5.56. The monoisotopic (exact) mass is 408 g/mol. The molecule has 0 fully saturated rings. The molecule has 1 aromatic heterocycles. The number of pyridine rings is 1. The number of halogens is 3. The van der Waals surface area contributed by atoms with Gasteiger partial charge in [0.05, 0.1) is 4.47 Å². The molecule has 0 amide bonds. The Hall–Kier alpha value is -0.990. The first-order chi connectivity index (χ1) is 8.90. The van der Waals surface area contributed by atoms with Crippen molar-refractivity contribution in [2.24, 2.45) is 0 Å². The molecule has 0 unspecified atom stereocenters. The smallest absolute Gasteiger partial charge is 0.262 e. The van der Waals surface area contributed by atoms with E-state index in [1.807, 2.05) is 0 Å². The molecule has 100 valence electrons. The number of hydrogen-bond donors (Lipinski definition) is 1. The molecule has 0 aliphatic rings. The third-order valence-corrected chi connectivity index (χ3v) is 5.13. The lowest BCUT2D eigenvalue weighted by atomic mass is 10.3. The van der Waals surface area contributed by atoms with Crippen molar-refractivity contribution in [3.05, 3.63) is 51.3 Å². The van der Waals surface area contributed by atoms with Crippen molar-refractivity contribution < 1.29 is 12.8 Å². The third-order valence-electron chi connectivity index (χ3n) is 2.17. The summed E-state index contributed by atoms with van der Waals surface area (Å²) in [6.07, 6.45) is 1.46. The minimum absolute atomic E-state index is 0.0635. The van der Waals surface area contributed by atoms with Crippen LogP contribution in [0, 0.1) is 5.82 Å². The molecule has 1 aromatic carbocycles. The molecular formula is C11H7Br2FN2O2S. The molecule has 19 heavy (non-hydrogen) atoms. The number of nitrogens with zero attached hydrogens (tertiary/aromatic N) is 1. The number of rotatable bonds is 3. The van der Waals surface area contributed by atoms with Gasteiger partial charge in [0.15, 0.2) is 5.82 Å².